The van der Waals surface area contributed by atoms with Gasteiger partial charge in [-0.25, -0.2) is 0 Å². The van der Waals surface area contributed by atoms with E-state index in [4.69, 9.17) is 9.26 Å². The Hall–Kier alpha value is -2.24. The lowest BCUT2D eigenvalue weighted by molar-refractivity contribution is 0.0744. The summed E-state index contributed by atoms with van der Waals surface area (Å²) < 4.78 is 10.9. The number of rotatable bonds is 3. The van der Waals surface area contributed by atoms with Crippen LogP contribution < -0.4 is 5.32 Å². The molecule has 1 saturated heterocycles. The zero-order valence-electron chi connectivity index (χ0n) is 12.2. The predicted octanol–water partition coefficient (Wildman–Crippen LogP) is 2.42. The molecule has 1 aromatic heterocycles. The summed E-state index contributed by atoms with van der Waals surface area (Å²) in [6, 6.07) is 14.6. The molecule has 1 N–H and O–H groups in total. The van der Waals surface area contributed by atoms with Crippen molar-refractivity contribution in [1.29, 1.82) is 0 Å². The van der Waals surface area contributed by atoms with Crippen molar-refractivity contribution in [3.8, 4) is 11.4 Å². The van der Waals surface area contributed by atoms with Gasteiger partial charge in [0.25, 0.3) is 0 Å². The zero-order chi connectivity index (χ0) is 14.8. The summed E-state index contributed by atoms with van der Waals surface area (Å²) in [5.41, 5.74) is 1.00. The number of benzene rings is 2. The van der Waals surface area contributed by atoms with Gasteiger partial charge in [-0.2, -0.15) is 4.98 Å². The van der Waals surface area contributed by atoms with Crippen LogP contribution >= 0.6 is 0 Å². The van der Waals surface area contributed by atoms with Gasteiger partial charge in [0.05, 0.1) is 13.2 Å². The van der Waals surface area contributed by atoms with E-state index in [-0.39, 0.29) is 6.04 Å². The molecule has 0 aliphatic carbocycles. The number of morpholine rings is 1. The van der Waals surface area contributed by atoms with E-state index in [1.165, 1.54) is 5.39 Å². The molecule has 1 unspecified atom stereocenters. The second kappa shape index (κ2) is 5.87. The average molecular weight is 295 g/mol. The maximum atomic E-state index is 5.45. The van der Waals surface area contributed by atoms with E-state index < -0.39 is 0 Å². The molecule has 1 fully saturated rings. The number of nitrogens with one attached hydrogen (secondary N) is 1. The Bertz CT molecular complexity index is 773. The van der Waals surface area contributed by atoms with Crippen molar-refractivity contribution in [2.45, 2.75) is 12.5 Å². The molecule has 4 rings (SSSR count). The first-order chi connectivity index (χ1) is 10.9. The molecule has 1 atom stereocenters. The maximum Gasteiger partial charge on any atom is 0.228 e. The third kappa shape index (κ3) is 2.61. The Labute approximate surface area is 128 Å². The van der Waals surface area contributed by atoms with Crippen LogP contribution in [0.25, 0.3) is 22.2 Å². The second-order valence-electron chi connectivity index (χ2n) is 5.47. The average Bonchev–Trinajstić information content (AvgIpc) is 3.03. The van der Waals surface area contributed by atoms with Gasteiger partial charge in [0.15, 0.2) is 0 Å². The van der Waals surface area contributed by atoms with E-state index in [2.05, 4.69) is 33.7 Å². The van der Waals surface area contributed by atoms with E-state index in [0.29, 0.717) is 24.7 Å². The number of nitrogens with zero attached hydrogens (tertiary/aromatic N) is 2. The fourth-order valence-corrected chi connectivity index (χ4v) is 2.83. The Balaban J connectivity index is 1.62. The number of hydrogen-bond acceptors (Lipinski definition) is 5. The molecule has 1 aliphatic rings. The van der Waals surface area contributed by atoms with E-state index in [0.717, 1.165) is 24.1 Å². The molecule has 0 radical (unpaired) electrons. The summed E-state index contributed by atoms with van der Waals surface area (Å²) in [7, 11) is 0. The van der Waals surface area contributed by atoms with Crippen molar-refractivity contribution in [2.24, 2.45) is 0 Å². The Morgan fingerprint density at radius 3 is 2.95 bits per heavy atom. The lowest BCUT2D eigenvalue weighted by Gasteiger charge is -2.22. The molecule has 5 nitrogen and oxygen atoms in total. The summed E-state index contributed by atoms with van der Waals surface area (Å²) >= 11 is 0. The first-order valence-corrected chi connectivity index (χ1v) is 7.52. The Morgan fingerprint density at radius 2 is 2.05 bits per heavy atom. The lowest BCUT2D eigenvalue weighted by atomic mass is 10.0. The number of aromatic nitrogens is 2. The van der Waals surface area contributed by atoms with Crippen LogP contribution in [0, 0.1) is 0 Å². The van der Waals surface area contributed by atoms with Gasteiger partial charge in [-0.3, -0.25) is 0 Å². The quantitative estimate of drug-likeness (QED) is 0.804. The highest BCUT2D eigenvalue weighted by molar-refractivity contribution is 5.94. The van der Waals surface area contributed by atoms with Crippen LogP contribution in [0.5, 0.6) is 0 Å². The van der Waals surface area contributed by atoms with Crippen molar-refractivity contribution in [3.05, 3.63) is 48.4 Å². The van der Waals surface area contributed by atoms with Gasteiger partial charge in [0, 0.05) is 24.6 Å². The molecule has 1 aliphatic heterocycles. The molecular weight excluding hydrogens is 278 g/mol. The van der Waals surface area contributed by atoms with Crippen LogP contribution in [-0.2, 0) is 11.2 Å². The fraction of sp³-hybridized carbons (Fsp3) is 0.294. The monoisotopic (exact) mass is 295 g/mol. The minimum atomic E-state index is 0.245. The first kappa shape index (κ1) is 13.4. The van der Waals surface area contributed by atoms with Crippen LogP contribution in [0.4, 0.5) is 0 Å². The molecular formula is C17H17N3O2. The highest BCUT2D eigenvalue weighted by atomic mass is 16.5. The van der Waals surface area contributed by atoms with Crippen molar-refractivity contribution in [2.75, 3.05) is 19.8 Å². The number of fused-ring (bicyclic) bond motifs is 1. The Kier molecular flexibility index (Phi) is 3.58. The van der Waals surface area contributed by atoms with Crippen LogP contribution in [0.15, 0.2) is 47.0 Å². The highest BCUT2D eigenvalue weighted by Crippen LogP contribution is 2.26. The minimum Gasteiger partial charge on any atom is -0.378 e. The number of ether oxygens (including phenoxy) is 1. The molecule has 22 heavy (non-hydrogen) atoms. The summed E-state index contributed by atoms with van der Waals surface area (Å²) in [5, 5.41) is 9.85. The topological polar surface area (TPSA) is 60.2 Å². The van der Waals surface area contributed by atoms with Crippen LogP contribution in [0.3, 0.4) is 0 Å². The van der Waals surface area contributed by atoms with Crippen molar-refractivity contribution >= 4 is 10.8 Å². The molecule has 2 aromatic carbocycles. The standard InChI is InChI=1S/C17H17N3O2/c1-2-6-14-12(4-1)5-3-7-15(14)17-19-16(22-20-17)10-13-11-21-9-8-18-13/h1-7,13,18H,8-11H2. The van der Waals surface area contributed by atoms with Gasteiger partial charge >= 0.3 is 0 Å². The van der Waals surface area contributed by atoms with Gasteiger partial charge < -0.3 is 14.6 Å². The van der Waals surface area contributed by atoms with E-state index >= 15 is 0 Å². The highest BCUT2D eigenvalue weighted by Gasteiger charge is 2.18. The van der Waals surface area contributed by atoms with Gasteiger partial charge in [-0.15, -0.1) is 0 Å². The molecule has 5 heteroatoms. The van der Waals surface area contributed by atoms with Gasteiger partial charge in [0.2, 0.25) is 11.7 Å². The van der Waals surface area contributed by atoms with E-state index in [9.17, 15) is 0 Å². The van der Waals surface area contributed by atoms with Crippen LogP contribution in [0.1, 0.15) is 5.89 Å². The summed E-state index contributed by atoms with van der Waals surface area (Å²) in [6.45, 7) is 2.32. The predicted molar refractivity (Wildman–Crippen MR) is 83.6 cm³/mol. The van der Waals surface area contributed by atoms with E-state index in [1.54, 1.807) is 0 Å². The fourth-order valence-electron chi connectivity index (χ4n) is 2.83. The Morgan fingerprint density at radius 1 is 1.14 bits per heavy atom. The maximum absolute atomic E-state index is 5.45. The van der Waals surface area contributed by atoms with Gasteiger partial charge in [0.1, 0.15) is 0 Å². The molecule has 0 amide bonds. The second-order valence-corrected chi connectivity index (χ2v) is 5.47. The van der Waals surface area contributed by atoms with Crippen molar-refractivity contribution in [3.63, 3.8) is 0 Å². The molecule has 0 saturated carbocycles. The third-order valence-electron chi connectivity index (χ3n) is 3.92. The molecule has 0 spiro atoms. The third-order valence-corrected chi connectivity index (χ3v) is 3.92. The molecule has 3 aromatic rings. The van der Waals surface area contributed by atoms with Crippen molar-refractivity contribution < 1.29 is 9.26 Å². The summed E-state index contributed by atoms with van der Waals surface area (Å²) in [4.78, 5) is 4.55. The number of hydrogen-bond donors (Lipinski definition) is 1. The molecule has 2 heterocycles. The largest absolute Gasteiger partial charge is 0.378 e. The SMILES string of the molecule is c1ccc2c(-c3noc(CC4COCCN4)n3)cccc2c1. The zero-order valence-corrected chi connectivity index (χ0v) is 12.2. The molecule has 0 bridgehead atoms. The van der Waals surface area contributed by atoms with Crippen LogP contribution in [0.2, 0.25) is 0 Å². The van der Waals surface area contributed by atoms with Crippen molar-refractivity contribution in [1.82, 2.24) is 15.5 Å². The summed E-state index contributed by atoms with van der Waals surface area (Å²) in [5.74, 6) is 1.29. The minimum absolute atomic E-state index is 0.245. The summed E-state index contributed by atoms with van der Waals surface area (Å²) in [6.07, 6.45) is 0.692. The lowest BCUT2D eigenvalue weighted by Crippen LogP contribution is -2.42. The van der Waals surface area contributed by atoms with E-state index in [1.807, 2.05) is 24.3 Å². The first-order valence-electron chi connectivity index (χ1n) is 7.52. The van der Waals surface area contributed by atoms with Crippen LogP contribution in [-0.4, -0.2) is 35.9 Å². The smallest absolute Gasteiger partial charge is 0.228 e. The van der Waals surface area contributed by atoms with Gasteiger partial charge in [-0.05, 0) is 10.8 Å². The van der Waals surface area contributed by atoms with Gasteiger partial charge in [-0.1, -0.05) is 47.6 Å². The normalized spacial score (nSPS) is 18.6. The molecule has 112 valence electrons.